The van der Waals surface area contributed by atoms with Crippen LogP contribution in [-0.4, -0.2) is 30.5 Å². The van der Waals surface area contributed by atoms with Crippen molar-refractivity contribution in [2.24, 2.45) is 34.5 Å². The Kier molecular flexibility index (Phi) is 3.12. The van der Waals surface area contributed by atoms with Crippen molar-refractivity contribution < 1.29 is 18.7 Å². The van der Waals surface area contributed by atoms with Gasteiger partial charge in [0.25, 0.3) is 0 Å². The van der Waals surface area contributed by atoms with E-state index < -0.39 is 11.5 Å². The molecule has 0 aromatic heterocycles. The lowest BCUT2D eigenvalue weighted by molar-refractivity contribution is -0.270. The number of hydrogen-bond acceptors (Lipinski definition) is 3. The molecule has 0 aromatic carbocycles. The van der Waals surface area contributed by atoms with E-state index in [4.69, 9.17) is 9.47 Å². The molecule has 0 N–H and O–H groups in total. The number of ketones is 1. The Morgan fingerprint density at radius 3 is 2.50 bits per heavy atom. The molecule has 3 nitrogen and oxygen atoms in total. The summed E-state index contributed by atoms with van der Waals surface area (Å²) in [4.78, 5) is 12.2. The van der Waals surface area contributed by atoms with Gasteiger partial charge in [-0.15, -0.1) is 0 Å². The van der Waals surface area contributed by atoms with Crippen LogP contribution in [-0.2, 0) is 14.3 Å². The molecule has 7 atom stereocenters. The molecular formula is C22H31FO3. The molecule has 0 bridgehead atoms. The first-order chi connectivity index (χ1) is 12.4. The van der Waals surface area contributed by atoms with E-state index in [1.807, 2.05) is 0 Å². The molecule has 5 aliphatic carbocycles. The van der Waals surface area contributed by atoms with E-state index in [2.05, 4.69) is 6.92 Å². The van der Waals surface area contributed by atoms with Crippen molar-refractivity contribution in [1.29, 1.82) is 0 Å². The highest BCUT2D eigenvalue weighted by molar-refractivity contribution is 5.80. The third-order valence-corrected chi connectivity index (χ3v) is 10.2. The van der Waals surface area contributed by atoms with Crippen LogP contribution in [0.3, 0.4) is 0 Å². The molecule has 1 saturated heterocycles. The SMILES string of the molecule is CC12CC[C@H]3[C@@H](CC4(F)CCC45CC(=O)CC[C@H]35)[C@@H]1CCC21OCCO1. The van der Waals surface area contributed by atoms with Gasteiger partial charge in [-0.3, -0.25) is 4.79 Å². The van der Waals surface area contributed by atoms with Gasteiger partial charge >= 0.3 is 0 Å². The summed E-state index contributed by atoms with van der Waals surface area (Å²) in [5.41, 5.74) is -1.34. The van der Waals surface area contributed by atoms with Crippen molar-refractivity contribution in [3.8, 4) is 0 Å². The zero-order valence-electron chi connectivity index (χ0n) is 15.9. The summed E-state index contributed by atoms with van der Waals surface area (Å²) in [6.07, 6.45) is 8.87. The number of fused-ring (bicyclic) bond motifs is 5. The number of halogens is 1. The number of alkyl halides is 1. The second-order valence-electron chi connectivity index (χ2n) is 10.6. The van der Waals surface area contributed by atoms with Crippen molar-refractivity contribution in [1.82, 2.24) is 0 Å². The summed E-state index contributed by atoms with van der Waals surface area (Å²) in [7, 11) is 0. The Balaban J connectivity index is 1.38. The van der Waals surface area contributed by atoms with Gasteiger partial charge in [0.05, 0.1) is 13.2 Å². The first kappa shape index (κ1) is 16.5. The van der Waals surface area contributed by atoms with Gasteiger partial charge in [-0.05, 0) is 68.6 Å². The first-order valence-electron chi connectivity index (χ1n) is 10.9. The van der Waals surface area contributed by atoms with E-state index in [-0.39, 0.29) is 10.8 Å². The van der Waals surface area contributed by atoms with E-state index in [1.165, 1.54) is 6.42 Å². The fourth-order valence-electron chi connectivity index (χ4n) is 8.94. The smallest absolute Gasteiger partial charge is 0.174 e. The number of Topliss-reactive ketones (excluding diaryl/α,β-unsaturated/α-hetero) is 1. The van der Waals surface area contributed by atoms with Gasteiger partial charge in [-0.25, -0.2) is 4.39 Å². The van der Waals surface area contributed by atoms with Crippen molar-refractivity contribution >= 4 is 5.78 Å². The van der Waals surface area contributed by atoms with Gasteiger partial charge in [0, 0.05) is 30.1 Å². The lowest BCUT2D eigenvalue weighted by Gasteiger charge is -2.69. The Hall–Kier alpha value is -0.480. The minimum Gasteiger partial charge on any atom is -0.347 e. The monoisotopic (exact) mass is 362 g/mol. The molecule has 4 heteroatoms. The first-order valence-corrected chi connectivity index (χ1v) is 10.9. The molecule has 5 saturated carbocycles. The molecule has 6 aliphatic rings. The van der Waals surface area contributed by atoms with Crippen LogP contribution in [0.5, 0.6) is 0 Å². The summed E-state index contributed by atoms with van der Waals surface area (Å²) in [5, 5.41) is 0. The minimum absolute atomic E-state index is 0.0370. The van der Waals surface area contributed by atoms with Crippen LogP contribution in [0.15, 0.2) is 0 Å². The number of carbonyl (C=O) groups excluding carboxylic acids is 1. The lowest BCUT2D eigenvalue weighted by Crippen LogP contribution is -2.68. The van der Waals surface area contributed by atoms with E-state index >= 15 is 4.39 Å². The fraction of sp³-hybridized carbons (Fsp3) is 0.955. The third kappa shape index (κ3) is 1.67. The maximum Gasteiger partial charge on any atom is 0.174 e. The quantitative estimate of drug-likeness (QED) is 0.639. The van der Waals surface area contributed by atoms with Crippen LogP contribution < -0.4 is 0 Å². The lowest BCUT2D eigenvalue weighted by atomic mass is 9.36. The average Bonchev–Trinajstić information content (AvgIpc) is 3.21. The van der Waals surface area contributed by atoms with E-state index in [9.17, 15) is 4.79 Å². The van der Waals surface area contributed by atoms with Crippen LogP contribution >= 0.6 is 0 Å². The predicted octanol–water partition coefficient (Wildman–Crippen LogP) is 4.43. The minimum atomic E-state index is -1.08. The third-order valence-electron chi connectivity index (χ3n) is 10.2. The molecule has 1 aliphatic heterocycles. The van der Waals surface area contributed by atoms with Crippen molar-refractivity contribution in [2.45, 2.75) is 82.6 Å². The maximum absolute atomic E-state index is 16.2. The summed E-state index contributed by atoms with van der Waals surface area (Å²) < 4.78 is 28.6. The van der Waals surface area contributed by atoms with Crippen LogP contribution in [0.25, 0.3) is 0 Å². The van der Waals surface area contributed by atoms with Crippen LogP contribution in [0.1, 0.15) is 71.1 Å². The number of ether oxygens (including phenoxy) is 2. The summed E-state index contributed by atoms with van der Waals surface area (Å²) >= 11 is 0. The molecule has 144 valence electrons. The molecule has 26 heavy (non-hydrogen) atoms. The van der Waals surface area contributed by atoms with Crippen LogP contribution in [0.2, 0.25) is 0 Å². The van der Waals surface area contributed by atoms with Crippen LogP contribution in [0, 0.1) is 34.5 Å². The molecule has 6 rings (SSSR count). The Morgan fingerprint density at radius 1 is 0.962 bits per heavy atom. The molecule has 0 radical (unpaired) electrons. The Morgan fingerprint density at radius 2 is 1.77 bits per heavy atom. The fourth-order valence-corrected chi connectivity index (χ4v) is 8.94. The molecule has 2 spiro atoms. The molecule has 1 heterocycles. The second-order valence-corrected chi connectivity index (χ2v) is 10.6. The second kappa shape index (κ2) is 4.92. The van der Waals surface area contributed by atoms with E-state index in [0.717, 1.165) is 32.1 Å². The molecule has 6 fully saturated rings. The molecule has 0 amide bonds. The highest BCUT2D eigenvalue weighted by atomic mass is 19.1. The van der Waals surface area contributed by atoms with Crippen molar-refractivity contribution in [3.63, 3.8) is 0 Å². The molecule has 0 aromatic rings. The number of rotatable bonds is 0. The average molecular weight is 362 g/mol. The van der Waals surface area contributed by atoms with Gasteiger partial charge in [-0.2, -0.15) is 0 Å². The van der Waals surface area contributed by atoms with E-state index in [1.54, 1.807) is 0 Å². The van der Waals surface area contributed by atoms with Crippen molar-refractivity contribution in [3.05, 3.63) is 0 Å². The number of hydrogen-bond donors (Lipinski definition) is 0. The van der Waals surface area contributed by atoms with Gasteiger partial charge in [0.15, 0.2) is 5.79 Å². The van der Waals surface area contributed by atoms with E-state index in [0.29, 0.717) is 68.4 Å². The topological polar surface area (TPSA) is 35.5 Å². The van der Waals surface area contributed by atoms with Crippen molar-refractivity contribution in [2.75, 3.05) is 13.2 Å². The highest BCUT2D eigenvalue weighted by Gasteiger charge is 2.74. The largest absolute Gasteiger partial charge is 0.347 e. The van der Waals surface area contributed by atoms with Crippen LogP contribution in [0.4, 0.5) is 4.39 Å². The number of carbonyl (C=O) groups is 1. The maximum atomic E-state index is 16.2. The predicted molar refractivity (Wildman–Crippen MR) is 94.2 cm³/mol. The summed E-state index contributed by atoms with van der Waals surface area (Å²) in [6, 6.07) is 0. The van der Waals surface area contributed by atoms with Gasteiger partial charge in [0.2, 0.25) is 0 Å². The molecule has 3 unspecified atom stereocenters. The van der Waals surface area contributed by atoms with Gasteiger partial charge in [-0.1, -0.05) is 6.92 Å². The normalized spacial score (nSPS) is 57.1. The Bertz CT molecular complexity index is 658. The Labute approximate surface area is 155 Å². The molecular weight excluding hydrogens is 331 g/mol. The standard InChI is InChI=1S/C22H31FO3/c1-19-6-4-15-16(17(19)5-7-22(19)25-10-11-26-22)13-21(23)9-8-20(21)12-14(24)2-3-18(15)20/h15-18H,2-13H2,1H3/t15-,16+,17-,18+,19?,20?,21?/m0/s1. The zero-order chi connectivity index (χ0) is 17.8. The summed E-state index contributed by atoms with van der Waals surface area (Å²) in [5.74, 6) is 1.93. The summed E-state index contributed by atoms with van der Waals surface area (Å²) in [6.45, 7) is 3.78. The van der Waals surface area contributed by atoms with Gasteiger partial charge < -0.3 is 9.47 Å². The van der Waals surface area contributed by atoms with Gasteiger partial charge in [0.1, 0.15) is 11.5 Å². The zero-order valence-corrected chi connectivity index (χ0v) is 15.9. The highest BCUT2D eigenvalue weighted by Crippen LogP contribution is 2.75.